The number of alkyl halides is 1. The van der Waals surface area contributed by atoms with E-state index in [9.17, 15) is 4.39 Å². The highest BCUT2D eigenvalue weighted by molar-refractivity contribution is 6.18. The van der Waals surface area contributed by atoms with E-state index in [0.29, 0.717) is 18.1 Å². The van der Waals surface area contributed by atoms with Gasteiger partial charge in [-0.25, -0.2) is 4.39 Å². The SMILES string of the molecule is COCC(C)C(CCl)c1ccccc1F. The van der Waals surface area contributed by atoms with E-state index in [1.807, 2.05) is 13.0 Å². The molecule has 2 atom stereocenters. The summed E-state index contributed by atoms with van der Waals surface area (Å²) in [6, 6.07) is 6.77. The lowest BCUT2D eigenvalue weighted by atomic mass is 9.89. The van der Waals surface area contributed by atoms with Crippen LogP contribution in [0.3, 0.4) is 0 Å². The van der Waals surface area contributed by atoms with E-state index < -0.39 is 0 Å². The van der Waals surface area contributed by atoms with E-state index in [-0.39, 0.29) is 17.7 Å². The second-order valence-corrected chi connectivity index (χ2v) is 4.02. The fourth-order valence-corrected chi connectivity index (χ4v) is 2.17. The summed E-state index contributed by atoms with van der Waals surface area (Å²) in [6.45, 7) is 2.61. The molecule has 2 unspecified atom stereocenters. The Labute approximate surface area is 95.2 Å². The van der Waals surface area contributed by atoms with Crippen molar-refractivity contribution in [3.63, 3.8) is 0 Å². The van der Waals surface area contributed by atoms with Gasteiger partial charge in [0.25, 0.3) is 0 Å². The Morgan fingerprint density at radius 2 is 2.07 bits per heavy atom. The molecule has 0 aliphatic rings. The van der Waals surface area contributed by atoms with Crippen LogP contribution in [0.2, 0.25) is 0 Å². The fraction of sp³-hybridized carbons (Fsp3) is 0.500. The van der Waals surface area contributed by atoms with Gasteiger partial charge in [0.05, 0.1) is 0 Å². The molecule has 0 saturated carbocycles. The van der Waals surface area contributed by atoms with Crippen molar-refractivity contribution in [3.8, 4) is 0 Å². The summed E-state index contributed by atoms with van der Waals surface area (Å²) in [5.41, 5.74) is 0.678. The number of rotatable bonds is 5. The zero-order valence-corrected chi connectivity index (χ0v) is 9.80. The molecule has 0 bridgehead atoms. The standard InChI is InChI=1S/C12H16ClFO/c1-9(8-15-2)11(7-13)10-5-3-4-6-12(10)14/h3-6,9,11H,7-8H2,1-2H3. The third kappa shape index (κ3) is 3.18. The largest absolute Gasteiger partial charge is 0.384 e. The van der Waals surface area contributed by atoms with Crippen molar-refractivity contribution in [2.24, 2.45) is 5.92 Å². The van der Waals surface area contributed by atoms with Crippen LogP contribution < -0.4 is 0 Å². The molecule has 0 aliphatic heterocycles. The molecule has 3 heteroatoms. The lowest BCUT2D eigenvalue weighted by Gasteiger charge is -2.21. The molecule has 0 aromatic heterocycles. The Morgan fingerprint density at radius 1 is 1.40 bits per heavy atom. The number of halogens is 2. The molecular weight excluding hydrogens is 215 g/mol. The zero-order valence-electron chi connectivity index (χ0n) is 9.04. The number of benzene rings is 1. The van der Waals surface area contributed by atoms with Gasteiger partial charge < -0.3 is 4.74 Å². The van der Waals surface area contributed by atoms with Gasteiger partial charge >= 0.3 is 0 Å². The average Bonchev–Trinajstić information content (AvgIpc) is 2.22. The molecule has 0 aliphatic carbocycles. The van der Waals surface area contributed by atoms with Crippen LogP contribution in [-0.4, -0.2) is 19.6 Å². The normalized spacial score (nSPS) is 14.9. The van der Waals surface area contributed by atoms with Gasteiger partial charge in [-0.1, -0.05) is 25.1 Å². The summed E-state index contributed by atoms with van der Waals surface area (Å²) in [6.07, 6.45) is 0. The maximum absolute atomic E-state index is 13.5. The van der Waals surface area contributed by atoms with Crippen LogP contribution in [0.4, 0.5) is 4.39 Å². The number of hydrogen-bond acceptors (Lipinski definition) is 1. The molecule has 0 fully saturated rings. The first kappa shape index (κ1) is 12.5. The minimum Gasteiger partial charge on any atom is -0.384 e. The topological polar surface area (TPSA) is 9.23 Å². The highest BCUT2D eigenvalue weighted by Gasteiger charge is 2.20. The van der Waals surface area contributed by atoms with Crippen LogP contribution in [0.15, 0.2) is 24.3 Å². The maximum atomic E-state index is 13.5. The Kier molecular flexibility index (Phi) is 5.06. The van der Waals surface area contributed by atoms with Crippen LogP contribution in [0, 0.1) is 11.7 Å². The van der Waals surface area contributed by atoms with Gasteiger partial charge in [-0.2, -0.15) is 0 Å². The molecule has 1 aromatic carbocycles. The summed E-state index contributed by atoms with van der Waals surface area (Å²) >= 11 is 5.88. The number of methoxy groups -OCH3 is 1. The molecule has 0 amide bonds. The van der Waals surface area contributed by atoms with E-state index in [2.05, 4.69) is 0 Å². The molecule has 1 aromatic rings. The van der Waals surface area contributed by atoms with Gasteiger partial charge in [-0.15, -0.1) is 11.6 Å². The van der Waals surface area contributed by atoms with E-state index >= 15 is 0 Å². The second-order valence-electron chi connectivity index (χ2n) is 3.71. The summed E-state index contributed by atoms with van der Waals surface area (Å²) in [7, 11) is 1.64. The highest BCUT2D eigenvalue weighted by Crippen LogP contribution is 2.28. The molecule has 0 radical (unpaired) electrons. The Morgan fingerprint density at radius 3 is 2.60 bits per heavy atom. The molecule has 0 N–H and O–H groups in total. The first-order valence-corrected chi connectivity index (χ1v) is 5.53. The number of ether oxygens (including phenoxy) is 1. The summed E-state index contributed by atoms with van der Waals surface area (Å²) in [4.78, 5) is 0. The lowest BCUT2D eigenvalue weighted by Crippen LogP contribution is -2.17. The molecular formula is C12H16ClFO. The fourth-order valence-electron chi connectivity index (χ4n) is 1.70. The maximum Gasteiger partial charge on any atom is 0.126 e. The van der Waals surface area contributed by atoms with Crippen LogP contribution in [0.25, 0.3) is 0 Å². The first-order valence-electron chi connectivity index (χ1n) is 5.00. The summed E-state index contributed by atoms with van der Waals surface area (Å²) in [5.74, 6) is 0.439. The van der Waals surface area contributed by atoms with Crippen molar-refractivity contribution in [1.82, 2.24) is 0 Å². The number of hydrogen-bond donors (Lipinski definition) is 0. The third-order valence-corrected chi connectivity index (χ3v) is 2.92. The minimum atomic E-state index is -0.189. The molecule has 84 valence electrons. The smallest absolute Gasteiger partial charge is 0.126 e. The lowest BCUT2D eigenvalue weighted by molar-refractivity contribution is 0.149. The molecule has 1 rings (SSSR count). The minimum absolute atomic E-state index is 0.00724. The van der Waals surface area contributed by atoms with E-state index in [4.69, 9.17) is 16.3 Å². The van der Waals surface area contributed by atoms with Crippen LogP contribution in [-0.2, 0) is 4.74 Å². The van der Waals surface area contributed by atoms with E-state index in [0.717, 1.165) is 0 Å². The van der Waals surface area contributed by atoms with Gasteiger partial charge in [-0.05, 0) is 17.5 Å². The third-order valence-electron chi connectivity index (χ3n) is 2.59. The van der Waals surface area contributed by atoms with Gasteiger partial charge in [0.2, 0.25) is 0 Å². The molecule has 0 heterocycles. The monoisotopic (exact) mass is 230 g/mol. The van der Waals surface area contributed by atoms with Crippen LogP contribution in [0.1, 0.15) is 18.4 Å². The van der Waals surface area contributed by atoms with Crippen molar-refractivity contribution in [1.29, 1.82) is 0 Å². The molecule has 15 heavy (non-hydrogen) atoms. The molecule has 1 nitrogen and oxygen atoms in total. The molecule has 0 saturated heterocycles. The second kappa shape index (κ2) is 6.09. The van der Waals surface area contributed by atoms with Crippen LogP contribution in [0.5, 0.6) is 0 Å². The van der Waals surface area contributed by atoms with E-state index in [1.54, 1.807) is 19.2 Å². The molecule has 0 spiro atoms. The van der Waals surface area contributed by atoms with Crippen molar-refractivity contribution >= 4 is 11.6 Å². The summed E-state index contributed by atoms with van der Waals surface area (Å²) < 4.78 is 18.6. The summed E-state index contributed by atoms with van der Waals surface area (Å²) in [5, 5.41) is 0. The van der Waals surface area contributed by atoms with Crippen LogP contribution >= 0.6 is 11.6 Å². The van der Waals surface area contributed by atoms with Gasteiger partial charge in [0.1, 0.15) is 5.82 Å². The quantitative estimate of drug-likeness (QED) is 0.705. The van der Waals surface area contributed by atoms with Crippen molar-refractivity contribution in [2.75, 3.05) is 19.6 Å². The van der Waals surface area contributed by atoms with Crippen molar-refractivity contribution in [2.45, 2.75) is 12.8 Å². The Hall–Kier alpha value is -0.600. The Bertz CT molecular complexity index is 303. The zero-order chi connectivity index (χ0) is 11.3. The van der Waals surface area contributed by atoms with Crippen molar-refractivity contribution in [3.05, 3.63) is 35.6 Å². The van der Waals surface area contributed by atoms with E-state index in [1.165, 1.54) is 6.07 Å². The average molecular weight is 231 g/mol. The van der Waals surface area contributed by atoms with Gasteiger partial charge in [-0.3, -0.25) is 0 Å². The van der Waals surface area contributed by atoms with Gasteiger partial charge in [0, 0.05) is 25.5 Å². The van der Waals surface area contributed by atoms with Gasteiger partial charge in [0.15, 0.2) is 0 Å². The Balaban J connectivity index is 2.87. The predicted octanol–water partition coefficient (Wildman–Crippen LogP) is 3.43. The predicted molar refractivity (Wildman–Crippen MR) is 60.9 cm³/mol. The highest BCUT2D eigenvalue weighted by atomic mass is 35.5. The first-order chi connectivity index (χ1) is 7.20. The van der Waals surface area contributed by atoms with Crippen molar-refractivity contribution < 1.29 is 9.13 Å².